The van der Waals surface area contributed by atoms with Gasteiger partial charge in [-0.2, -0.15) is 11.8 Å². The summed E-state index contributed by atoms with van der Waals surface area (Å²) in [5.41, 5.74) is -0.615. The minimum absolute atomic E-state index is 0.343. The molecule has 0 saturated heterocycles. The van der Waals surface area contributed by atoms with E-state index in [1.807, 2.05) is 11.8 Å². The van der Waals surface area contributed by atoms with E-state index in [0.29, 0.717) is 11.8 Å². The molecule has 0 aliphatic heterocycles. The predicted octanol–water partition coefficient (Wildman–Crippen LogP) is 2.83. The summed E-state index contributed by atoms with van der Waals surface area (Å²) in [7, 11) is 2.07. The second-order valence-corrected chi connectivity index (χ2v) is 8.52. The molecule has 1 fully saturated rings. The van der Waals surface area contributed by atoms with E-state index in [-0.39, 0.29) is 0 Å². The van der Waals surface area contributed by atoms with Crippen LogP contribution in [-0.4, -0.2) is 59.3 Å². The van der Waals surface area contributed by atoms with E-state index in [2.05, 4.69) is 48.6 Å². The van der Waals surface area contributed by atoms with E-state index < -0.39 is 5.60 Å². The number of guanidine groups is 1. The maximum Gasteiger partial charge on any atom is 0.193 e. The molecule has 0 aromatic carbocycles. The van der Waals surface area contributed by atoms with Crippen molar-refractivity contribution in [3.05, 3.63) is 22.4 Å². The number of hydrogen-bond donors (Lipinski definition) is 2. The van der Waals surface area contributed by atoms with E-state index >= 15 is 0 Å². The molecule has 4 nitrogen and oxygen atoms in total. The Hall–Kier alpha value is -0.720. The summed E-state index contributed by atoms with van der Waals surface area (Å²) in [4.78, 5) is 8.26. The lowest BCUT2D eigenvalue weighted by atomic mass is 9.79. The van der Waals surface area contributed by atoms with Crippen LogP contribution < -0.4 is 5.32 Å². The molecule has 130 valence electrons. The van der Waals surface area contributed by atoms with Crippen LogP contribution in [0.4, 0.5) is 0 Å². The maximum absolute atomic E-state index is 10.7. The van der Waals surface area contributed by atoms with Crippen molar-refractivity contribution in [2.45, 2.75) is 44.0 Å². The first-order chi connectivity index (χ1) is 11.1. The highest BCUT2D eigenvalue weighted by Crippen LogP contribution is 2.41. The summed E-state index contributed by atoms with van der Waals surface area (Å²) in [5.74, 6) is 1.95. The van der Waals surface area contributed by atoms with Gasteiger partial charge in [0, 0.05) is 30.3 Å². The van der Waals surface area contributed by atoms with Gasteiger partial charge >= 0.3 is 0 Å². The molecular formula is C17H29N3OS2. The molecule has 2 rings (SSSR count). The van der Waals surface area contributed by atoms with Crippen molar-refractivity contribution >= 4 is 29.1 Å². The summed E-state index contributed by atoms with van der Waals surface area (Å²) >= 11 is 3.65. The molecule has 23 heavy (non-hydrogen) atoms. The number of thioether (sulfide) groups is 1. The van der Waals surface area contributed by atoms with Gasteiger partial charge in [0.1, 0.15) is 0 Å². The van der Waals surface area contributed by atoms with Gasteiger partial charge in [-0.1, -0.05) is 13.0 Å². The average molecular weight is 356 g/mol. The smallest absolute Gasteiger partial charge is 0.193 e. The van der Waals surface area contributed by atoms with Crippen molar-refractivity contribution in [2.75, 3.05) is 32.4 Å². The first-order valence-corrected chi connectivity index (χ1v) is 10.4. The van der Waals surface area contributed by atoms with E-state index in [1.54, 1.807) is 11.3 Å². The van der Waals surface area contributed by atoms with E-state index in [0.717, 1.165) is 44.1 Å². The van der Waals surface area contributed by atoms with Crippen molar-refractivity contribution in [3.63, 3.8) is 0 Å². The van der Waals surface area contributed by atoms with Crippen molar-refractivity contribution in [2.24, 2.45) is 4.99 Å². The first-order valence-electron chi connectivity index (χ1n) is 8.45. The molecule has 0 amide bonds. The molecular weight excluding hydrogens is 326 g/mol. The molecule has 2 atom stereocenters. The van der Waals surface area contributed by atoms with Crippen molar-refractivity contribution in [3.8, 4) is 0 Å². The number of hydrogen-bond acceptors (Lipinski definition) is 4. The third-order valence-corrected chi connectivity index (χ3v) is 6.63. The molecule has 2 unspecified atom stereocenters. The van der Waals surface area contributed by atoms with Crippen LogP contribution in [0.2, 0.25) is 0 Å². The van der Waals surface area contributed by atoms with Crippen molar-refractivity contribution in [1.82, 2.24) is 10.2 Å². The van der Waals surface area contributed by atoms with Gasteiger partial charge in [0.15, 0.2) is 5.96 Å². The molecule has 1 aromatic rings. The molecule has 1 saturated carbocycles. The number of thiophene rings is 1. The highest BCUT2D eigenvalue weighted by molar-refractivity contribution is 8.00. The third kappa shape index (κ3) is 5.13. The molecule has 1 aliphatic rings. The van der Waals surface area contributed by atoms with Crippen LogP contribution in [0.25, 0.3) is 0 Å². The number of likely N-dealkylation sites (N-methyl/N-ethyl adjacent to an activating group) is 1. The zero-order valence-electron chi connectivity index (χ0n) is 14.4. The van der Waals surface area contributed by atoms with Gasteiger partial charge < -0.3 is 15.3 Å². The van der Waals surface area contributed by atoms with Gasteiger partial charge in [0.2, 0.25) is 0 Å². The van der Waals surface area contributed by atoms with Crippen LogP contribution in [0.15, 0.2) is 22.5 Å². The topological polar surface area (TPSA) is 47.9 Å². The van der Waals surface area contributed by atoms with Crippen LogP contribution in [0.3, 0.4) is 0 Å². The lowest BCUT2D eigenvalue weighted by molar-refractivity contribution is -0.0156. The number of nitrogens with one attached hydrogen (secondary N) is 1. The quantitative estimate of drug-likeness (QED) is 0.556. The Morgan fingerprint density at radius 3 is 2.96 bits per heavy atom. The van der Waals surface area contributed by atoms with Crippen molar-refractivity contribution in [1.29, 1.82) is 0 Å². The Morgan fingerprint density at radius 1 is 1.57 bits per heavy atom. The molecule has 2 N–H and O–H groups in total. The number of aliphatic hydroxyl groups is 1. The molecule has 1 heterocycles. The fourth-order valence-electron chi connectivity index (χ4n) is 2.74. The fourth-order valence-corrected chi connectivity index (χ4v) is 4.62. The predicted molar refractivity (Wildman–Crippen MR) is 103 cm³/mol. The largest absolute Gasteiger partial charge is 0.387 e. The molecule has 0 spiro atoms. The molecule has 1 aromatic heterocycles. The lowest BCUT2D eigenvalue weighted by Gasteiger charge is -2.44. The van der Waals surface area contributed by atoms with Crippen LogP contribution in [0.1, 0.15) is 31.6 Å². The highest BCUT2D eigenvalue weighted by atomic mass is 32.2. The van der Waals surface area contributed by atoms with Gasteiger partial charge in [-0.3, -0.25) is 4.99 Å². The maximum atomic E-state index is 10.7. The average Bonchev–Trinajstić information content (AvgIpc) is 3.06. The minimum Gasteiger partial charge on any atom is -0.387 e. The molecule has 0 radical (unpaired) electrons. The second kappa shape index (κ2) is 8.94. The summed E-state index contributed by atoms with van der Waals surface area (Å²) in [6, 6.07) is 4.27. The molecule has 6 heteroatoms. The van der Waals surface area contributed by atoms with E-state index in [1.165, 1.54) is 4.88 Å². The summed E-state index contributed by atoms with van der Waals surface area (Å²) in [6.07, 6.45) is 3.00. The summed E-state index contributed by atoms with van der Waals surface area (Å²) in [6.45, 7) is 6.49. The standard InChI is InChI=1S/C17H29N3OS2/c1-4-18-16(20(3)11-9-14-7-6-12-23-14)19-13-17(21)10-8-15(17)22-5-2/h6-7,12,15,21H,4-5,8-11,13H2,1-3H3,(H,18,19). The van der Waals surface area contributed by atoms with Crippen LogP contribution in [0, 0.1) is 0 Å². The van der Waals surface area contributed by atoms with Gasteiger partial charge in [-0.15, -0.1) is 11.3 Å². The molecule has 0 bridgehead atoms. The normalized spacial score (nSPS) is 24.3. The third-order valence-electron chi connectivity index (χ3n) is 4.28. The highest BCUT2D eigenvalue weighted by Gasteiger charge is 2.45. The number of aliphatic imine (C=N–C) groups is 1. The van der Waals surface area contributed by atoms with Crippen LogP contribution in [-0.2, 0) is 6.42 Å². The van der Waals surface area contributed by atoms with Crippen LogP contribution >= 0.6 is 23.1 Å². The monoisotopic (exact) mass is 355 g/mol. The summed E-state index contributed by atoms with van der Waals surface area (Å²) < 4.78 is 0. The van der Waals surface area contributed by atoms with E-state index in [9.17, 15) is 5.11 Å². The van der Waals surface area contributed by atoms with Gasteiger partial charge in [0.25, 0.3) is 0 Å². The van der Waals surface area contributed by atoms with Crippen LogP contribution in [0.5, 0.6) is 0 Å². The van der Waals surface area contributed by atoms with Crippen molar-refractivity contribution < 1.29 is 5.11 Å². The zero-order chi connectivity index (χ0) is 16.7. The SMILES string of the molecule is CCNC(=NCC1(O)CCC1SCC)N(C)CCc1cccs1. The van der Waals surface area contributed by atoms with Gasteiger partial charge in [-0.25, -0.2) is 0 Å². The van der Waals surface area contributed by atoms with Gasteiger partial charge in [-0.05, 0) is 43.4 Å². The fraction of sp³-hybridized carbons (Fsp3) is 0.706. The minimum atomic E-state index is -0.615. The Labute approximate surface area is 148 Å². The zero-order valence-corrected chi connectivity index (χ0v) is 16.1. The lowest BCUT2D eigenvalue weighted by Crippen LogP contribution is -2.53. The Morgan fingerprint density at radius 2 is 2.39 bits per heavy atom. The second-order valence-electron chi connectivity index (χ2n) is 6.01. The van der Waals surface area contributed by atoms with E-state index in [4.69, 9.17) is 4.99 Å². The number of nitrogens with zero attached hydrogens (tertiary/aromatic N) is 2. The number of rotatable bonds is 8. The molecule has 1 aliphatic carbocycles. The Bertz CT molecular complexity index is 492. The summed E-state index contributed by atoms with van der Waals surface area (Å²) in [5, 5.41) is 16.5. The Balaban J connectivity index is 1.90. The Kier molecular flexibility index (Phi) is 7.24. The first kappa shape index (κ1) is 18.6. The van der Waals surface area contributed by atoms with Gasteiger partial charge in [0.05, 0.1) is 12.1 Å².